The second kappa shape index (κ2) is 4.33. The SMILES string of the molecule is COC1(CNc2nn3c(=O)ccnc3s2)CCC1. The molecule has 2 aromatic rings. The van der Waals surface area contributed by atoms with Crippen LogP contribution < -0.4 is 10.9 Å². The minimum atomic E-state index is -0.158. The number of nitrogens with one attached hydrogen (secondary N) is 1. The number of rotatable bonds is 4. The third-order valence-corrected chi connectivity index (χ3v) is 4.31. The predicted octanol–water partition coefficient (Wildman–Crippen LogP) is 1.13. The molecule has 0 atom stereocenters. The Morgan fingerprint density at radius 3 is 3.06 bits per heavy atom. The number of methoxy groups -OCH3 is 1. The second-order valence-electron chi connectivity index (χ2n) is 4.48. The van der Waals surface area contributed by atoms with Crippen molar-refractivity contribution in [2.24, 2.45) is 0 Å². The van der Waals surface area contributed by atoms with Crippen molar-refractivity contribution in [3.05, 3.63) is 22.6 Å². The molecule has 3 rings (SSSR count). The maximum Gasteiger partial charge on any atom is 0.275 e. The summed E-state index contributed by atoms with van der Waals surface area (Å²) in [5, 5.41) is 8.14. The molecule has 0 aromatic carbocycles. The van der Waals surface area contributed by atoms with Crippen molar-refractivity contribution in [2.45, 2.75) is 24.9 Å². The normalized spacial score (nSPS) is 17.6. The van der Waals surface area contributed by atoms with Crippen LogP contribution in [0.4, 0.5) is 5.13 Å². The molecule has 0 amide bonds. The van der Waals surface area contributed by atoms with Gasteiger partial charge in [0, 0.05) is 25.9 Å². The van der Waals surface area contributed by atoms with Crippen LogP contribution in [-0.2, 0) is 4.74 Å². The van der Waals surface area contributed by atoms with E-state index in [9.17, 15) is 4.79 Å². The molecule has 1 N–H and O–H groups in total. The van der Waals surface area contributed by atoms with Crippen LogP contribution in [0.1, 0.15) is 19.3 Å². The van der Waals surface area contributed by atoms with E-state index in [0.29, 0.717) is 10.1 Å². The molecule has 1 fully saturated rings. The van der Waals surface area contributed by atoms with Gasteiger partial charge >= 0.3 is 0 Å². The predicted molar refractivity (Wildman–Crippen MR) is 69.2 cm³/mol. The number of hydrogen-bond donors (Lipinski definition) is 1. The van der Waals surface area contributed by atoms with Crippen molar-refractivity contribution < 1.29 is 4.74 Å². The number of nitrogens with zero attached hydrogens (tertiary/aromatic N) is 3. The molecule has 2 heterocycles. The molecular formula is C11H14N4O2S. The first kappa shape index (κ1) is 11.6. The molecule has 0 bridgehead atoms. The van der Waals surface area contributed by atoms with E-state index in [4.69, 9.17) is 4.74 Å². The van der Waals surface area contributed by atoms with Crippen molar-refractivity contribution in [3.8, 4) is 0 Å². The average molecular weight is 266 g/mol. The Balaban J connectivity index is 1.79. The van der Waals surface area contributed by atoms with Crippen LogP contribution in [0, 0.1) is 0 Å². The van der Waals surface area contributed by atoms with Crippen molar-refractivity contribution >= 4 is 21.4 Å². The Bertz CT molecular complexity index is 611. The average Bonchev–Trinajstić information content (AvgIpc) is 2.73. The Labute approximate surface area is 108 Å². The van der Waals surface area contributed by atoms with E-state index in [-0.39, 0.29) is 11.2 Å². The number of fused-ring (bicyclic) bond motifs is 1. The number of ether oxygens (including phenoxy) is 1. The molecular weight excluding hydrogens is 252 g/mol. The summed E-state index contributed by atoms with van der Waals surface area (Å²) in [6, 6.07) is 1.40. The Kier molecular flexibility index (Phi) is 2.79. The molecule has 0 spiro atoms. The third kappa shape index (κ3) is 1.89. The fourth-order valence-corrected chi connectivity index (χ4v) is 2.85. The minimum absolute atomic E-state index is 0.0593. The summed E-state index contributed by atoms with van der Waals surface area (Å²) in [6.45, 7) is 0.720. The summed E-state index contributed by atoms with van der Waals surface area (Å²) in [5.41, 5.74) is -0.217. The maximum absolute atomic E-state index is 11.5. The zero-order valence-corrected chi connectivity index (χ0v) is 10.9. The fourth-order valence-electron chi connectivity index (χ4n) is 2.08. The molecule has 6 nitrogen and oxygen atoms in total. The van der Waals surface area contributed by atoms with Crippen LogP contribution in [0.2, 0.25) is 0 Å². The molecule has 7 heteroatoms. The van der Waals surface area contributed by atoms with Gasteiger partial charge in [-0.25, -0.2) is 4.98 Å². The second-order valence-corrected chi connectivity index (χ2v) is 5.43. The Morgan fingerprint density at radius 1 is 1.61 bits per heavy atom. The van der Waals surface area contributed by atoms with E-state index < -0.39 is 0 Å². The van der Waals surface area contributed by atoms with Gasteiger partial charge in [0.05, 0.1) is 5.60 Å². The lowest BCUT2D eigenvalue weighted by molar-refractivity contribution is -0.0601. The maximum atomic E-state index is 11.5. The zero-order chi connectivity index (χ0) is 12.6. The van der Waals surface area contributed by atoms with Gasteiger partial charge in [-0.05, 0) is 19.3 Å². The third-order valence-electron chi connectivity index (χ3n) is 3.43. The largest absolute Gasteiger partial charge is 0.376 e. The monoisotopic (exact) mass is 266 g/mol. The highest BCUT2D eigenvalue weighted by Gasteiger charge is 2.36. The standard InChI is InChI=1S/C11H14N4O2S/c1-17-11(4-2-5-11)7-13-9-14-15-8(16)3-6-12-10(15)18-9/h3,6H,2,4-5,7H2,1H3,(H,13,14). The van der Waals surface area contributed by atoms with Crippen molar-refractivity contribution in [1.82, 2.24) is 14.6 Å². The first-order valence-corrected chi connectivity index (χ1v) is 6.68. The quantitative estimate of drug-likeness (QED) is 0.898. The van der Waals surface area contributed by atoms with Gasteiger partial charge < -0.3 is 10.1 Å². The van der Waals surface area contributed by atoms with E-state index in [1.54, 1.807) is 7.11 Å². The van der Waals surface area contributed by atoms with Crippen LogP contribution in [-0.4, -0.2) is 33.9 Å². The molecule has 18 heavy (non-hydrogen) atoms. The lowest BCUT2D eigenvalue weighted by Crippen LogP contribution is -2.45. The number of anilines is 1. The van der Waals surface area contributed by atoms with Crippen molar-refractivity contribution in [2.75, 3.05) is 19.0 Å². The van der Waals surface area contributed by atoms with E-state index in [0.717, 1.165) is 19.4 Å². The molecule has 1 aliphatic carbocycles. The molecule has 0 unspecified atom stereocenters. The topological polar surface area (TPSA) is 68.5 Å². The van der Waals surface area contributed by atoms with Gasteiger partial charge in [0.15, 0.2) is 0 Å². The Morgan fingerprint density at radius 2 is 2.44 bits per heavy atom. The van der Waals surface area contributed by atoms with Gasteiger partial charge in [-0.2, -0.15) is 4.52 Å². The van der Waals surface area contributed by atoms with Crippen LogP contribution >= 0.6 is 11.3 Å². The van der Waals surface area contributed by atoms with Gasteiger partial charge in [-0.3, -0.25) is 4.79 Å². The smallest absolute Gasteiger partial charge is 0.275 e. The summed E-state index contributed by atoms with van der Waals surface area (Å²) in [5.74, 6) is 0. The van der Waals surface area contributed by atoms with Crippen LogP contribution in [0.3, 0.4) is 0 Å². The highest BCUT2D eigenvalue weighted by molar-refractivity contribution is 7.20. The summed E-state index contributed by atoms with van der Waals surface area (Å²) in [4.78, 5) is 16.2. The zero-order valence-electron chi connectivity index (χ0n) is 10.0. The first-order chi connectivity index (χ1) is 8.72. The number of hydrogen-bond acceptors (Lipinski definition) is 6. The van der Waals surface area contributed by atoms with E-state index in [1.807, 2.05) is 0 Å². The minimum Gasteiger partial charge on any atom is -0.376 e. The first-order valence-electron chi connectivity index (χ1n) is 5.86. The van der Waals surface area contributed by atoms with E-state index >= 15 is 0 Å². The molecule has 96 valence electrons. The molecule has 0 radical (unpaired) electrons. The molecule has 2 aromatic heterocycles. The van der Waals surface area contributed by atoms with Gasteiger partial charge in [-0.15, -0.1) is 5.10 Å². The van der Waals surface area contributed by atoms with Gasteiger partial charge in [0.2, 0.25) is 10.1 Å². The summed E-state index contributed by atoms with van der Waals surface area (Å²) in [6.07, 6.45) is 4.85. The fraction of sp³-hybridized carbons (Fsp3) is 0.545. The van der Waals surface area contributed by atoms with Crippen LogP contribution in [0.25, 0.3) is 4.96 Å². The molecule has 0 saturated heterocycles. The van der Waals surface area contributed by atoms with Gasteiger partial charge in [0.1, 0.15) is 0 Å². The lowest BCUT2D eigenvalue weighted by Gasteiger charge is -2.40. The summed E-state index contributed by atoms with van der Waals surface area (Å²) < 4.78 is 6.84. The molecule has 1 aliphatic rings. The highest BCUT2D eigenvalue weighted by atomic mass is 32.1. The van der Waals surface area contributed by atoms with Crippen LogP contribution in [0.5, 0.6) is 0 Å². The molecule has 1 saturated carbocycles. The summed E-state index contributed by atoms with van der Waals surface area (Å²) >= 11 is 1.37. The lowest BCUT2D eigenvalue weighted by atomic mass is 9.80. The Hall–Kier alpha value is -1.47. The van der Waals surface area contributed by atoms with E-state index in [2.05, 4.69) is 15.4 Å². The summed E-state index contributed by atoms with van der Waals surface area (Å²) in [7, 11) is 1.74. The highest BCUT2D eigenvalue weighted by Crippen LogP contribution is 2.35. The van der Waals surface area contributed by atoms with Crippen molar-refractivity contribution in [3.63, 3.8) is 0 Å². The van der Waals surface area contributed by atoms with E-state index in [1.165, 1.54) is 34.5 Å². The van der Waals surface area contributed by atoms with Gasteiger partial charge in [-0.1, -0.05) is 11.3 Å². The molecule has 0 aliphatic heterocycles. The van der Waals surface area contributed by atoms with Gasteiger partial charge in [0.25, 0.3) is 5.56 Å². The number of aromatic nitrogens is 3. The van der Waals surface area contributed by atoms with Crippen LogP contribution in [0.15, 0.2) is 17.1 Å². The van der Waals surface area contributed by atoms with Crippen molar-refractivity contribution in [1.29, 1.82) is 0 Å².